The van der Waals surface area contributed by atoms with Gasteiger partial charge in [0.1, 0.15) is 12.6 Å². The minimum absolute atomic E-state index is 0.206. The second-order valence-corrected chi connectivity index (χ2v) is 5.46. The van der Waals surface area contributed by atoms with Crippen molar-refractivity contribution >= 4 is 22.8 Å². The van der Waals surface area contributed by atoms with E-state index in [4.69, 9.17) is 0 Å². The van der Waals surface area contributed by atoms with Crippen molar-refractivity contribution in [3.8, 4) is 0 Å². The first-order chi connectivity index (χ1) is 10.9. The number of fused-ring (bicyclic) bond motifs is 1. The molecule has 0 unspecified atom stereocenters. The Hall–Kier alpha value is -2.70. The number of carboxylic acid groups (broad SMARTS) is 1. The molecule has 1 aromatic heterocycles. The van der Waals surface area contributed by atoms with Crippen LogP contribution < -0.4 is 10.9 Å². The highest BCUT2D eigenvalue weighted by Gasteiger charge is 2.25. The molecule has 7 heteroatoms. The first-order valence-electron chi connectivity index (χ1n) is 7.40. The number of hydrogen-bond acceptors (Lipinski definition) is 4. The van der Waals surface area contributed by atoms with E-state index in [1.54, 1.807) is 31.2 Å². The van der Waals surface area contributed by atoms with Gasteiger partial charge in [0, 0.05) is 0 Å². The zero-order valence-electron chi connectivity index (χ0n) is 13.0. The Morgan fingerprint density at radius 3 is 2.70 bits per heavy atom. The molecule has 7 nitrogen and oxygen atoms in total. The summed E-state index contributed by atoms with van der Waals surface area (Å²) in [6, 6.07) is 5.87. The summed E-state index contributed by atoms with van der Waals surface area (Å²) in [5.41, 5.74) is 0.221. The van der Waals surface area contributed by atoms with E-state index in [2.05, 4.69) is 10.3 Å². The van der Waals surface area contributed by atoms with Crippen molar-refractivity contribution < 1.29 is 14.7 Å². The summed E-state index contributed by atoms with van der Waals surface area (Å²) in [6.45, 7) is 3.34. The lowest BCUT2D eigenvalue weighted by Gasteiger charge is -2.20. The van der Waals surface area contributed by atoms with Crippen LogP contribution in [-0.4, -0.2) is 32.6 Å². The quantitative estimate of drug-likeness (QED) is 0.828. The van der Waals surface area contributed by atoms with Gasteiger partial charge in [0.05, 0.1) is 17.2 Å². The van der Waals surface area contributed by atoms with Crippen molar-refractivity contribution in [3.63, 3.8) is 0 Å². The standard InChI is InChI=1S/C16H19N3O4/c1-3-10(2)14(16(22)23)18-13(20)8-19-9-17-12-7-5-4-6-11(12)15(19)21/h4-7,9-10,14H,3,8H2,1-2H3,(H,18,20)(H,22,23)/t10-,14+/m1/s1. The average Bonchev–Trinajstić information content (AvgIpc) is 2.54. The molecule has 0 saturated carbocycles. The van der Waals surface area contributed by atoms with Crippen molar-refractivity contribution in [2.75, 3.05) is 0 Å². The smallest absolute Gasteiger partial charge is 0.326 e. The number of amides is 1. The number of nitrogens with zero attached hydrogens (tertiary/aromatic N) is 2. The number of benzene rings is 1. The highest BCUT2D eigenvalue weighted by molar-refractivity contribution is 5.84. The molecule has 2 aromatic rings. The van der Waals surface area contributed by atoms with E-state index >= 15 is 0 Å². The molecule has 0 aliphatic heterocycles. The van der Waals surface area contributed by atoms with Gasteiger partial charge in [-0.2, -0.15) is 0 Å². The van der Waals surface area contributed by atoms with Crippen LogP contribution in [0.3, 0.4) is 0 Å². The van der Waals surface area contributed by atoms with Crippen LogP contribution in [0.15, 0.2) is 35.4 Å². The number of carbonyl (C=O) groups is 2. The van der Waals surface area contributed by atoms with Crippen LogP contribution in [0, 0.1) is 5.92 Å². The molecule has 23 heavy (non-hydrogen) atoms. The summed E-state index contributed by atoms with van der Waals surface area (Å²) in [6.07, 6.45) is 1.91. The number of carbonyl (C=O) groups excluding carboxylic acids is 1. The van der Waals surface area contributed by atoms with Gasteiger partial charge in [-0.25, -0.2) is 9.78 Å². The van der Waals surface area contributed by atoms with E-state index < -0.39 is 17.9 Å². The lowest BCUT2D eigenvalue weighted by atomic mass is 9.99. The third-order valence-electron chi connectivity index (χ3n) is 3.84. The molecule has 1 heterocycles. The van der Waals surface area contributed by atoms with Crippen molar-refractivity contribution in [2.24, 2.45) is 5.92 Å². The summed E-state index contributed by atoms with van der Waals surface area (Å²) >= 11 is 0. The zero-order valence-corrected chi connectivity index (χ0v) is 13.0. The largest absolute Gasteiger partial charge is 0.480 e. The second-order valence-electron chi connectivity index (χ2n) is 5.46. The third-order valence-corrected chi connectivity index (χ3v) is 3.84. The SMILES string of the molecule is CC[C@@H](C)[C@H](NC(=O)Cn1cnc2ccccc2c1=O)C(=O)O. The molecule has 2 rings (SSSR count). The molecule has 0 saturated heterocycles. The summed E-state index contributed by atoms with van der Waals surface area (Å²) in [4.78, 5) is 39.7. The van der Waals surface area contributed by atoms with Gasteiger partial charge in [-0.1, -0.05) is 32.4 Å². The fraction of sp³-hybridized carbons (Fsp3) is 0.375. The van der Waals surface area contributed by atoms with Crippen LogP contribution in [0.5, 0.6) is 0 Å². The lowest BCUT2D eigenvalue weighted by Crippen LogP contribution is -2.46. The fourth-order valence-electron chi connectivity index (χ4n) is 2.28. The average molecular weight is 317 g/mol. The Kier molecular flexibility index (Phi) is 5.10. The zero-order chi connectivity index (χ0) is 17.0. The maximum atomic E-state index is 12.3. The first kappa shape index (κ1) is 16.7. The molecule has 0 fully saturated rings. The number of rotatable bonds is 6. The number of nitrogens with one attached hydrogen (secondary N) is 1. The number of aromatic nitrogens is 2. The van der Waals surface area contributed by atoms with Crippen LogP contribution in [-0.2, 0) is 16.1 Å². The Bertz CT molecular complexity index is 784. The van der Waals surface area contributed by atoms with Gasteiger partial charge >= 0.3 is 5.97 Å². The third kappa shape index (κ3) is 3.74. The predicted octanol–water partition coefficient (Wildman–Crippen LogP) is 1.01. The summed E-state index contributed by atoms with van der Waals surface area (Å²) in [5, 5.41) is 12.1. The minimum atomic E-state index is -1.09. The fourth-order valence-corrected chi connectivity index (χ4v) is 2.28. The molecule has 0 aliphatic rings. The number of para-hydroxylation sites is 1. The van der Waals surface area contributed by atoms with Crippen LogP contribution in [0.2, 0.25) is 0 Å². The van der Waals surface area contributed by atoms with E-state index in [0.29, 0.717) is 17.3 Å². The van der Waals surface area contributed by atoms with E-state index in [-0.39, 0.29) is 18.0 Å². The number of hydrogen-bond donors (Lipinski definition) is 2. The summed E-state index contributed by atoms with van der Waals surface area (Å²) in [7, 11) is 0. The van der Waals surface area contributed by atoms with E-state index in [9.17, 15) is 19.5 Å². The number of carboxylic acids is 1. The maximum Gasteiger partial charge on any atom is 0.326 e. The Morgan fingerprint density at radius 2 is 2.04 bits per heavy atom. The van der Waals surface area contributed by atoms with Crippen molar-refractivity contribution in [3.05, 3.63) is 40.9 Å². The van der Waals surface area contributed by atoms with Gasteiger partial charge in [0.2, 0.25) is 5.91 Å². The van der Waals surface area contributed by atoms with Gasteiger partial charge < -0.3 is 10.4 Å². The lowest BCUT2D eigenvalue weighted by molar-refractivity contribution is -0.143. The highest BCUT2D eigenvalue weighted by atomic mass is 16.4. The minimum Gasteiger partial charge on any atom is -0.480 e. The topological polar surface area (TPSA) is 101 Å². The van der Waals surface area contributed by atoms with E-state index in [1.807, 2.05) is 6.92 Å². The predicted molar refractivity (Wildman–Crippen MR) is 85.0 cm³/mol. The van der Waals surface area contributed by atoms with Gasteiger partial charge in [-0.3, -0.25) is 14.2 Å². The van der Waals surface area contributed by atoms with Gasteiger partial charge in [0.25, 0.3) is 5.56 Å². The normalized spacial score (nSPS) is 13.5. The molecule has 0 aliphatic carbocycles. The van der Waals surface area contributed by atoms with Gasteiger partial charge in [-0.15, -0.1) is 0 Å². The molecule has 2 atom stereocenters. The Labute approximate surface area is 133 Å². The maximum absolute atomic E-state index is 12.3. The van der Waals surface area contributed by atoms with Crippen molar-refractivity contribution in [1.82, 2.24) is 14.9 Å². The van der Waals surface area contributed by atoms with Gasteiger partial charge in [-0.05, 0) is 18.1 Å². The molecule has 1 amide bonds. The van der Waals surface area contributed by atoms with E-state index in [0.717, 1.165) is 0 Å². The Morgan fingerprint density at radius 1 is 1.35 bits per heavy atom. The molecule has 2 N–H and O–H groups in total. The van der Waals surface area contributed by atoms with Crippen LogP contribution in [0.1, 0.15) is 20.3 Å². The molecule has 0 bridgehead atoms. The molecule has 0 radical (unpaired) electrons. The van der Waals surface area contributed by atoms with Crippen LogP contribution in [0.25, 0.3) is 10.9 Å². The highest BCUT2D eigenvalue weighted by Crippen LogP contribution is 2.08. The molecule has 122 valence electrons. The molecule has 1 aromatic carbocycles. The number of aliphatic carboxylic acids is 1. The van der Waals surface area contributed by atoms with Gasteiger partial charge in [0.15, 0.2) is 0 Å². The van der Waals surface area contributed by atoms with Crippen molar-refractivity contribution in [2.45, 2.75) is 32.9 Å². The molecular weight excluding hydrogens is 298 g/mol. The molecular formula is C16H19N3O4. The monoisotopic (exact) mass is 317 g/mol. The second kappa shape index (κ2) is 7.04. The van der Waals surface area contributed by atoms with Crippen LogP contribution in [0.4, 0.5) is 0 Å². The summed E-state index contributed by atoms with van der Waals surface area (Å²) < 4.78 is 1.17. The van der Waals surface area contributed by atoms with Crippen molar-refractivity contribution in [1.29, 1.82) is 0 Å². The molecule has 0 spiro atoms. The van der Waals surface area contributed by atoms with Crippen LogP contribution >= 0.6 is 0 Å². The van der Waals surface area contributed by atoms with E-state index in [1.165, 1.54) is 10.9 Å². The first-order valence-corrected chi connectivity index (χ1v) is 7.40. The summed E-state index contributed by atoms with van der Waals surface area (Å²) in [5.74, 6) is -1.82. The Balaban J connectivity index is 2.19.